The van der Waals surface area contributed by atoms with Crippen LogP contribution < -0.4 is 11.0 Å². The Hall–Kier alpha value is -2.79. The number of benzene rings is 1. The molecule has 0 radical (unpaired) electrons. The third kappa shape index (κ3) is 10.1. The van der Waals surface area contributed by atoms with Crippen molar-refractivity contribution >= 4 is 20.3 Å². The third-order valence-corrected chi connectivity index (χ3v) is 8.55. The fraction of sp³-hybridized carbons (Fsp3) is 0.600. The Morgan fingerprint density at radius 3 is 2.55 bits per heavy atom. The average Bonchev–Trinajstić information content (AvgIpc) is 3.36. The number of amides is 1. The van der Waals surface area contributed by atoms with Gasteiger partial charge >= 0.3 is 5.69 Å². The number of ether oxygens (including phenoxy) is 3. The summed E-state index contributed by atoms with van der Waals surface area (Å²) in [5.74, 6) is -0.253. The van der Waals surface area contributed by atoms with Gasteiger partial charge in [-0.2, -0.15) is 4.98 Å². The van der Waals surface area contributed by atoms with Gasteiger partial charge in [0.05, 0.1) is 19.3 Å². The zero-order valence-corrected chi connectivity index (χ0v) is 27.4. The molecule has 0 bridgehead atoms. The summed E-state index contributed by atoms with van der Waals surface area (Å²) in [6.45, 7) is 17.7. The number of hydrogen-bond acceptors (Lipinski definition) is 10. The van der Waals surface area contributed by atoms with Gasteiger partial charge in [-0.1, -0.05) is 18.2 Å². The summed E-state index contributed by atoms with van der Waals surface area (Å²) >= 11 is 0. The number of methoxy groups -OCH3 is 1. The van der Waals surface area contributed by atoms with E-state index in [9.17, 15) is 9.59 Å². The van der Waals surface area contributed by atoms with Crippen LogP contribution >= 0.6 is 8.53 Å². The van der Waals surface area contributed by atoms with Crippen LogP contribution in [0.1, 0.15) is 58.1 Å². The van der Waals surface area contributed by atoms with Gasteiger partial charge in [-0.25, -0.2) is 16.0 Å². The molecule has 1 amide bonds. The van der Waals surface area contributed by atoms with Gasteiger partial charge in [0.25, 0.3) is 14.4 Å². The van der Waals surface area contributed by atoms with Gasteiger partial charge in [0.15, 0.2) is 6.23 Å². The van der Waals surface area contributed by atoms with Gasteiger partial charge in [-0.15, -0.1) is 0 Å². The quantitative estimate of drug-likeness (QED) is 0.167. The number of aliphatic hydroxyl groups excluding tert-OH is 1. The molecule has 2 N–H and O–H groups in total. The number of nitrogens with zero attached hydrogens (tertiary/aromatic N) is 4. The molecule has 13 nitrogen and oxygen atoms in total. The maximum atomic E-state index is 13.4. The lowest BCUT2D eigenvalue weighted by molar-refractivity contribution is -0.0775. The molecule has 2 aromatic rings. The summed E-state index contributed by atoms with van der Waals surface area (Å²) in [6.07, 6.45) is -1.76. The first-order valence-corrected chi connectivity index (χ1v) is 15.4. The molecule has 1 saturated heterocycles. The van der Waals surface area contributed by atoms with Crippen molar-refractivity contribution in [3.8, 4) is 0 Å². The first-order chi connectivity index (χ1) is 22.0. The highest BCUT2D eigenvalue weighted by Gasteiger charge is 2.48. The van der Waals surface area contributed by atoms with E-state index in [-0.39, 0.29) is 50.5 Å². The van der Waals surface area contributed by atoms with E-state index in [1.807, 2.05) is 27.7 Å². The molecule has 3 unspecified atom stereocenters. The van der Waals surface area contributed by atoms with Crippen LogP contribution in [0, 0.1) is 13.5 Å². The Bertz CT molecular complexity index is 1290. The molecular weight excluding hydrogens is 589 g/mol. The number of nitrogens with one attached hydrogen (secondary N) is 1. The van der Waals surface area contributed by atoms with Crippen LogP contribution in [0.4, 0.5) is 5.82 Å². The number of carbonyl (C=O) groups excluding carboxylic acids is 1. The van der Waals surface area contributed by atoms with Gasteiger partial charge in [0.2, 0.25) is 7.98 Å². The Morgan fingerprint density at radius 2 is 1.95 bits per heavy atom. The van der Waals surface area contributed by atoms with Crippen LogP contribution in [0.3, 0.4) is 0 Å². The number of aliphatic hydroxyl groups is 1. The van der Waals surface area contributed by atoms with Crippen LogP contribution in [0.15, 0.2) is 41.3 Å². The van der Waals surface area contributed by atoms with Crippen molar-refractivity contribution in [2.24, 2.45) is 0 Å². The SMILES string of the molecule is [2H]C[C@H]1O[C@@H](n2cc(C)c(NC(=O)c3ccccc3)nc2=O)C(OCCOC)C1OP(OCC[N+]#[C-])N(C(C)C)C(C)C.[3H]OC. The van der Waals surface area contributed by atoms with Crippen LogP contribution in [-0.2, 0) is 23.3 Å². The number of aryl methyl sites for hydroxylation is 1. The van der Waals surface area contributed by atoms with Crippen LogP contribution in [0.5, 0.6) is 0 Å². The summed E-state index contributed by atoms with van der Waals surface area (Å²) in [5.41, 5.74) is 0.305. The second kappa shape index (κ2) is 18.9. The number of carbonyl (C=O) groups is 1. The standard InChI is InChI=1S/C29H42N5O7P.CH4O/c1-19(2)34(20(3)4)42(39-15-14-30-7)41-24-22(6)40-28(25(24)38-17-16-37-8)33-18-21(5)26(32-29(33)36)31-27(35)23-12-10-9-11-13-23;1-2/h9-13,18-20,22,24-25,28H,14-17H2,1-6,8H3,(H,31,32,35,36);2H,1H3/t22-,24?,25?,28-,42?;/m1./s1/i6D;2T. The summed E-state index contributed by atoms with van der Waals surface area (Å²) in [7, 11) is 1.17. The highest BCUT2D eigenvalue weighted by Crippen LogP contribution is 2.50. The van der Waals surface area contributed by atoms with E-state index in [1.165, 1.54) is 11.7 Å². The molecule has 2 heterocycles. The van der Waals surface area contributed by atoms with E-state index in [4.69, 9.17) is 32.6 Å². The van der Waals surface area contributed by atoms with E-state index in [0.717, 1.165) is 0 Å². The van der Waals surface area contributed by atoms with Crippen molar-refractivity contribution in [1.82, 2.24) is 14.2 Å². The molecule has 14 heteroatoms. The fourth-order valence-corrected chi connectivity index (χ4v) is 6.30. The Kier molecular flexibility index (Phi) is 14.6. The van der Waals surface area contributed by atoms with Crippen molar-refractivity contribution in [1.29, 1.82) is 1.43 Å². The normalized spacial score (nSPS) is 20.9. The maximum absolute atomic E-state index is 13.4. The van der Waals surface area contributed by atoms with Crippen molar-refractivity contribution < 1.29 is 34.5 Å². The first-order valence-electron chi connectivity index (χ1n) is 15.4. The van der Waals surface area contributed by atoms with Crippen LogP contribution in [0.2, 0.25) is 0 Å². The molecule has 44 heavy (non-hydrogen) atoms. The number of rotatable bonds is 15. The lowest BCUT2D eigenvalue weighted by Crippen LogP contribution is -2.41. The Balaban J connectivity index is 0.00000236. The van der Waals surface area contributed by atoms with Crippen molar-refractivity contribution in [2.45, 2.75) is 78.1 Å². The minimum atomic E-state index is -1.68. The monoisotopic (exact) mass is 638 g/mol. The molecule has 0 aliphatic carbocycles. The molecule has 3 rings (SSSR count). The molecule has 0 spiro atoms. The van der Waals surface area contributed by atoms with E-state index in [1.54, 1.807) is 50.6 Å². The lowest BCUT2D eigenvalue weighted by atomic mass is 10.1. The van der Waals surface area contributed by atoms with Gasteiger partial charge < -0.3 is 38.5 Å². The van der Waals surface area contributed by atoms with Crippen molar-refractivity contribution in [3.63, 3.8) is 0 Å². The molecule has 244 valence electrons. The van der Waals surface area contributed by atoms with Crippen molar-refractivity contribution in [3.05, 3.63) is 69.6 Å². The molecule has 5 atom stereocenters. The zero-order valence-electron chi connectivity index (χ0n) is 28.5. The molecule has 1 aliphatic heterocycles. The summed E-state index contributed by atoms with van der Waals surface area (Å²) in [5, 5.41) is 6.20. The van der Waals surface area contributed by atoms with Gasteiger partial charge in [-0.05, 0) is 53.7 Å². The topological polar surface area (TPSA) is 138 Å². The molecule has 1 aliphatic rings. The second-order valence-corrected chi connectivity index (χ2v) is 11.7. The summed E-state index contributed by atoms with van der Waals surface area (Å²) < 4.78 is 47.7. The Morgan fingerprint density at radius 1 is 1.27 bits per heavy atom. The number of anilines is 1. The molecule has 1 aromatic carbocycles. The van der Waals surface area contributed by atoms with E-state index >= 15 is 0 Å². The molecule has 0 saturated carbocycles. The Labute approximate surface area is 264 Å². The summed E-state index contributed by atoms with van der Waals surface area (Å²) in [6, 6.07) is 8.77. The fourth-order valence-electron chi connectivity index (χ4n) is 4.54. The average molecular weight is 639 g/mol. The van der Waals surface area contributed by atoms with Crippen molar-refractivity contribution in [2.75, 3.05) is 45.9 Å². The maximum Gasteiger partial charge on any atom is 0.351 e. The minimum Gasteiger partial charge on any atom is -0.400 e. The van der Waals surface area contributed by atoms with E-state index in [0.29, 0.717) is 17.7 Å². The number of aromatic nitrogens is 2. The predicted molar refractivity (Wildman–Crippen MR) is 168 cm³/mol. The lowest BCUT2D eigenvalue weighted by Gasteiger charge is -2.37. The van der Waals surface area contributed by atoms with Gasteiger partial charge in [0, 0.05) is 45.0 Å². The highest BCUT2D eigenvalue weighted by molar-refractivity contribution is 7.44. The predicted octanol–water partition coefficient (Wildman–Crippen LogP) is 4.03. The first kappa shape index (κ1) is 34.1. The highest BCUT2D eigenvalue weighted by atomic mass is 31.2. The molecule has 1 aromatic heterocycles. The number of hydrogen-bond donors (Lipinski definition) is 2. The van der Waals surface area contributed by atoms with E-state index < -0.39 is 38.8 Å². The summed E-state index contributed by atoms with van der Waals surface area (Å²) in [4.78, 5) is 33.6. The van der Waals surface area contributed by atoms with Crippen LogP contribution in [0.25, 0.3) is 4.85 Å². The third-order valence-electron chi connectivity index (χ3n) is 6.42. The molecular formula is C30H46N5O8P. The minimum absolute atomic E-state index is 0.0626. The van der Waals surface area contributed by atoms with Gasteiger partial charge in [0.1, 0.15) is 24.6 Å². The second-order valence-electron chi connectivity index (χ2n) is 10.3. The molecule has 1 fully saturated rings. The van der Waals surface area contributed by atoms with E-state index in [2.05, 4.69) is 24.9 Å². The smallest absolute Gasteiger partial charge is 0.351 e. The largest absolute Gasteiger partial charge is 0.400 e. The van der Waals surface area contributed by atoms with Crippen LogP contribution in [-0.4, -0.2) is 97.6 Å². The van der Waals surface area contributed by atoms with Gasteiger partial charge in [-0.3, -0.25) is 9.36 Å². The zero-order chi connectivity index (χ0) is 34.2.